The van der Waals surface area contributed by atoms with E-state index in [4.69, 9.17) is 0 Å². The van der Waals surface area contributed by atoms with Crippen LogP contribution in [0.4, 0.5) is 13.2 Å². The van der Waals surface area contributed by atoms with Gasteiger partial charge < -0.3 is 15.6 Å². The molecule has 1 aromatic heterocycles. The molecule has 0 radical (unpaired) electrons. The lowest BCUT2D eigenvalue weighted by molar-refractivity contribution is -0.144. The molecule has 0 saturated heterocycles. The number of hydrogen-bond acceptors (Lipinski definition) is 3. The molecule has 9 heteroatoms. The zero-order chi connectivity index (χ0) is 24.3. The van der Waals surface area contributed by atoms with E-state index in [1.54, 1.807) is 36.4 Å². The molecule has 1 heterocycles. The van der Waals surface area contributed by atoms with Gasteiger partial charge in [0.05, 0.1) is 17.1 Å². The number of benzene rings is 3. The van der Waals surface area contributed by atoms with E-state index >= 15 is 0 Å². The Labute approximate surface area is 193 Å². The van der Waals surface area contributed by atoms with Crippen LogP contribution in [0.2, 0.25) is 0 Å². The standard InChI is InChI=1S/C25H21F3N4O2/c1-15(33)29-14-16-7-9-18(10-8-16)23(34)32-22(17-5-3-2-4-6-17)19-11-12-20-21(13-19)31-24(30-20)25(26,27)28/h2-13,22H,14H2,1H3,(H,29,33)(H,30,31)(H,32,34). The molecule has 0 saturated carbocycles. The van der Waals surface area contributed by atoms with Crippen LogP contribution in [0.25, 0.3) is 11.0 Å². The van der Waals surface area contributed by atoms with Crippen molar-refractivity contribution < 1.29 is 22.8 Å². The fraction of sp³-hybridized carbons (Fsp3) is 0.160. The SMILES string of the molecule is CC(=O)NCc1ccc(C(=O)NC(c2ccccc2)c2ccc3nc(C(F)(F)F)[nH]c3c2)cc1. The lowest BCUT2D eigenvalue weighted by Crippen LogP contribution is -2.29. The number of rotatable bonds is 6. The topological polar surface area (TPSA) is 86.9 Å². The highest BCUT2D eigenvalue weighted by Gasteiger charge is 2.34. The van der Waals surface area contributed by atoms with E-state index in [0.717, 1.165) is 11.1 Å². The summed E-state index contributed by atoms with van der Waals surface area (Å²) in [5, 5.41) is 5.67. The maximum atomic E-state index is 13.1. The van der Waals surface area contributed by atoms with Crippen molar-refractivity contribution in [3.05, 3.63) is 101 Å². The molecule has 0 aliphatic carbocycles. The predicted octanol–water partition coefficient (Wildman–Crippen LogP) is 4.74. The molecular weight excluding hydrogens is 445 g/mol. The third-order valence-corrected chi connectivity index (χ3v) is 5.27. The first kappa shape index (κ1) is 23.0. The van der Waals surface area contributed by atoms with Crippen molar-refractivity contribution >= 4 is 22.8 Å². The summed E-state index contributed by atoms with van der Waals surface area (Å²) in [5.74, 6) is -1.57. The van der Waals surface area contributed by atoms with Crippen molar-refractivity contribution in [3.8, 4) is 0 Å². The highest BCUT2D eigenvalue weighted by Crippen LogP contribution is 2.30. The van der Waals surface area contributed by atoms with Crippen LogP contribution in [0.3, 0.4) is 0 Å². The number of aromatic nitrogens is 2. The maximum Gasteiger partial charge on any atom is 0.449 e. The van der Waals surface area contributed by atoms with Gasteiger partial charge in [-0.1, -0.05) is 48.5 Å². The predicted molar refractivity (Wildman–Crippen MR) is 121 cm³/mol. The first-order valence-corrected chi connectivity index (χ1v) is 10.5. The maximum absolute atomic E-state index is 13.1. The molecule has 1 atom stereocenters. The molecule has 3 N–H and O–H groups in total. The van der Waals surface area contributed by atoms with Crippen LogP contribution in [0.1, 0.15) is 45.8 Å². The van der Waals surface area contributed by atoms with E-state index in [1.807, 2.05) is 30.3 Å². The second-order valence-corrected chi connectivity index (χ2v) is 7.78. The lowest BCUT2D eigenvalue weighted by Gasteiger charge is -2.20. The molecular formula is C25H21F3N4O2. The summed E-state index contributed by atoms with van der Waals surface area (Å²) < 4.78 is 39.2. The monoisotopic (exact) mass is 466 g/mol. The number of fused-ring (bicyclic) bond motifs is 1. The minimum Gasteiger partial charge on any atom is -0.352 e. The molecule has 4 aromatic rings. The van der Waals surface area contributed by atoms with Gasteiger partial charge in [-0.2, -0.15) is 13.2 Å². The summed E-state index contributed by atoms with van der Waals surface area (Å²) in [7, 11) is 0. The Kier molecular flexibility index (Phi) is 6.36. The van der Waals surface area contributed by atoms with Crippen LogP contribution in [0, 0.1) is 0 Å². The van der Waals surface area contributed by atoms with Gasteiger partial charge in [0.1, 0.15) is 0 Å². The molecule has 0 aliphatic heterocycles. The molecule has 2 amide bonds. The zero-order valence-electron chi connectivity index (χ0n) is 18.1. The van der Waals surface area contributed by atoms with E-state index in [-0.39, 0.29) is 22.8 Å². The van der Waals surface area contributed by atoms with E-state index in [1.165, 1.54) is 13.0 Å². The number of aromatic amines is 1. The number of hydrogen-bond donors (Lipinski definition) is 3. The quantitative estimate of drug-likeness (QED) is 0.384. The van der Waals surface area contributed by atoms with Gasteiger partial charge in [0.15, 0.2) is 0 Å². The van der Waals surface area contributed by atoms with Gasteiger partial charge in [0.2, 0.25) is 11.7 Å². The Morgan fingerprint density at radius 1 is 0.971 bits per heavy atom. The molecule has 0 spiro atoms. The fourth-order valence-corrected chi connectivity index (χ4v) is 3.56. The molecule has 0 fully saturated rings. The lowest BCUT2D eigenvalue weighted by atomic mass is 9.97. The van der Waals surface area contributed by atoms with Gasteiger partial charge in [0, 0.05) is 19.0 Å². The van der Waals surface area contributed by atoms with Crippen LogP contribution in [-0.4, -0.2) is 21.8 Å². The van der Waals surface area contributed by atoms with Crippen molar-refractivity contribution in [2.75, 3.05) is 0 Å². The van der Waals surface area contributed by atoms with Crippen molar-refractivity contribution in [3.63, 3.8) is 0 Å². The van der Waals surface area contributed by atoms with Gasteiger partial charge in [-0.05, 0) is 41.0 Å². The Hall–Kier alpha value is -4.14. The van der Waals surface area contributed by atoms with E-state index in [9.17, 15) is 22.8 Å². The number of nitrogens with one attached hydrogen (secondary N) is 3. The van der Waals surface area contributed by atoms with Gasteiger partial charge >= 0.3 is 6.18 Å². The number of nitrogens with zero attached hydrogens (tertiary/aromatic N) is 1. The third kappa shape index (κ3) is 5.25. The van der Waals surface area contributed by atoms with Crippen LogP contribution < -0.4 is 10.6 Å². The van der Waals surface area contributed by atoms with Crippen LogP contribution in [0.15, 0.2) is 72.8 Å². The number of halogens is 3. The van der Waals surface area contributed by atoms with Crippen molar-refractivity contribution in [1.82, 2.24) is 20.6 Å². The number of alkyl halides is 3. The summed E-state index contributed by atoms with van der Waals surface area (Å²) in [4.78, 5) is 30.0. The Bertz CT molecular complexity index is 1320. The summed E-state index contributed by atoms with van der Waals surface area (Å²) in [6, 6.07) is 20.1. The van der Waals surface area contributed by atoms with E-state index < -0.39 is 18.0 Å². The van der Waals surface area contributed by atoms with E-state index in [2.05, 4.69) is 20.6 Å². The summed E-state index contributed by atoms with van der Waals surface area (Å²) in [5.41, 5.74) is 3.04. The average molecular weight is 466 g/mol. The summed E-state index contributed by atoms with van der Waals surface area (Å²) in [6.07, 6.45) is -4.58. The zero-order valence-corrected chi connectivity index (χ0v) is 18.1. The first-order chi connectivity index (χ1) is 16.2. The molecule has 1 unspecified atom stereocenters. The molecule has 0 aliphatic rings. The Morgan fingerprint density at radius 3 is 2.32 bits per heavy atom. The third-order valence-electron chi connectivity index (χ3n) is 5.27. The normalized spacial score (nSPS) is 12.4. The molecule has 6 nitrogen and oxygen atoms in total. The van der Waals surface area contributed by atoms with Crippen LogP contribution in [-0.2, 0) is 17.5 Å². The summed E-state index contributed by atoms with van der Waals surface area (Å²) >= 11 is 0. The van der Waals surface area contributed by atoms with Crippen molar-refractivity contribution in [1.29, 1.82) is 0 Å². The smallest absolute Gasteiger partial charge is 0.352 e. The number of amides is 2. The molecule has 174 valence electrons. The van der Waals surface area contributed by atoms with Gasteiger partial charge in [0.25, 0.3) is 5.91 Å². The number of imidazole rings is 1. The first-order valence-electron chi connectivity index (χ1n) is 10.5. The second-order valence-electron chi connectivity index (χ2n) is 7.78. The van der Waals surface area contributed by atoms with Gasteiger partial charge in [-0.25, -0.2) is 4.98 Å². The summed E-state index contributed by atoms with van der Waals surface area (Å²) in [6.45, 7) is 1.78. The Morgan fingerprint density at radius 2 is 1.68 bits per heavy atom. The molecule has 0 bridgehead atoms. The van der Waals surface area contributed by atoms with Gasteiger partial charge in [-0.3, -0.25) is 9.59 Å². The number of carbonyl (C=O) groups excluding carboxylic acids is 2. The molecule has 34 heavy (non-hydrogen) atoms. The molecule has 4 rings (SSSR count). The van der Waals surface area contributed by atoms with Crippen LogP contribution in [0.5, 0.6) is 0 Å². The fourth-order valence-electron chi connectivity index (χ4n) is 3.56. The van der Waals surface area contributed by atoms with Gasteiger partial charge in [-0.15, -0.1) is 0 Å². The molecule has 3 aromatic carbocycles. The number of carbonyl (C=O) groups is 2. The minimum atomic E-state index is -4.58. The average Bonchev–Trinajstić information content (AvgIpc) is 3.26. The van der Waals surface area contributed by atoms with Crippen molar-refractivity contribution in [2.24, 2.45) is 0 Å². The van der Waals surface area contributed by atoms with Crippen LogP contribution >= 0.6 is 0 Å². The van der Waals surface area contributed by atoms with Crippen molar-refractivity contribution in [2.45, 2.75) is 25.7 Å². The second kappa shape index (κ2) is 9.38. The largest absolute Gasteiger partial charge is 0.449 e. The number of H-pyrrole nitrogens is 1. The highest BCUT2D eigenvalue weighted by molar-refractivity contribution is 5.94. The Balaban J connectivity index is 1.62. The highest BCUT2D eigenvalue weighted by atomic mass is 19.4. The van der Waals surface area contributed by atoms with E-state index in [0.29, 0.717) is 17.7 Å². The minimum absolute atomic E-state index is 0.149.